The quantitative estimate of drug-likeness (QED) is 0.435. The summed E-state index contributed by atoms with van der Waals surface area (Å²) in [6, 6.07) is 3.45. The number of nitrogens with one attached hydrogen (secondary N) is 1. The molecule has 1 aromatic rings. The molecule has 0 aliphatic carbocycles. The second kappa shape index (κ2) is 6.64. The van der Waals surface area contributed by atoms with Gasteiger partial charge in [-0.05, 0) is 18.1 Å². The van der Waals surface area contributed by atoms with E-state index < -0.39 is 25.5 Å². The molecular formula is C11H17N3O5S. The molecule has 0 saturated carbocycles. The summed E-state index contributed by atoms with van der Waals surface area (Å²) in [5.74, 6) is -0.0531. The smallest absolute Gasteiger partial charge is 0.291 e. The largest absolute Gasteiger partial charge is 0.399 e. The van der Waals surface area contributed by atoms with Crippen molar-refractivity contribution in [1.29, 1.82) is 0 Å². The number of nitrogen functional groups attached to an aromatic ring is 1. The van der Waals surface area contributed by atoms with Gasteiger partial charge in [0.15, 0.2) is 4.90 Å². The molecule has 9 heteroatoms. The zero-order valence-corrected chi connectivity index (χ0v) is 12.0. The van der Waals surface area contributed by atoms with Crippen LogP contribution in [0.2, 0.25) is 0 Å². The first-order valence-corrected chi connectivity index (χ1v) is 7.28. The molecule has 1 aromatic carbocycles. The van der Waals surface area contributed by atoms with Crippen molar-refractivity contribution in [3.63, 3.8) is 0 Å². The number of methoxy groups -OCH3 is 1. The number of hydrogen-bond donors (Lipinski definition) is 2. The summed E-state index contributed by atoms with van der Waals surface area (Å²) in [5.41, 5.74) is 5.02. The molecule has 1 rings (SSSR count). The van der Waals surface area contributed by atoms with Crippen LogP contribution in [0.15, 0.2) is 23.1 Å². The van der Waals surface area contributed by atoms with Gasteiger partial charge in [-0.25, -0.2) is 13.1 Å². The zero-order chi connectivity index (χ0) is 15.3. The van der Waals surface area contributed by atoms with Crippen LogP contribution in [-0.2, 0) is 14.8 Å². The highest BCUT2D eigenvalue weighted by atomic mass is 32.2. The van der Waals surface area contributed by atoms with Gasteiger partial charge >= 0.3 is 0 Å². The van der Waals surface area contributed by atoms with E-state index in [4.69, 9.17) is 10.5 Å². The molecule has 0 bridgehead atoms. The molecule has 0 heterocycles. The lowest BCUT2D eigenvalue weighted by Gasteiger charge is -2.12. The SMILES string of the molecule is COCC(C)CNS(=O)(=O)c1ccc(N)cc1[N+](=O)[O-]. The molecular weight excluding hydrogens is 286 g/mol. The number of nitrogens with zero attached hydrogens (tertiary/aromatic N) is 1. The molecule has 0 radical (unpaired) electrons. The maximum atomic E-state index is 12.1. The molecule has 20 heavy (non-hydrogen) atoms. The third-order valence-electron chi connectivity index (χ3n) is 2.54. The molecule has 0 aliphatic rings. The van der Waals surface area contributed by atoms with Crippen molar-refractivity contribution in [1.82, 2.24) is 4.72 Å². The molecule has 3 N–H and O–H groups in total. The summed E-state index contributed by atoms with van der Waals surface area (Å²) in [7, 11) is -2.46. The molecule has 1 atom stereocenters. The van der Waals surface area contributed by atoms with E-state index in [2.05, 4.69) is 4.72 Å². The van der Waals surface area contributed by atoms with Gasteiger partial charge in [0.2, 0.25) is 10.0 Å². The minimum absolute atomic E-state index is 0.0531. The van der Waals surface area contributed by atoms with Crippen LogP contribution in [0.5, 0.6) is 0 Å². The number of sulfonamides is 1. The number of nitro benzene ring substituents is 1. The number of ether oxygens (including phenoxy) is 1. The molecule has 112 valence electrons. The van der Waals surface area contributed by atoms with Gasteiger partial charge in [0.1, 0.15) is 0 Å². The second-order valence-corrected chi connectivity index (χ2v) is 6.13. The Morgan fingerprint density at radius 3 is 2.70 bits per heavy atom. The topological polar surface area (TPSA) is 125 Å². The van der Waals surface area contributed by atoms with E-state index in [1.165, 1.54) is 13.2 Å². The van der Waals surface area contributed by atoms with Gasteiger partial charge in [0.25, 0.3) is 5.69 Å². The van der Waals surface area contributed by atoms with Crippen molar-refractivity contribution in [2.24, 2.45) is 5.92 Å². The van der Waals surface area contributed by atoms with E-state index in [0.717, 1.165) is 12.1 Å². The van der Waals surface area contributed by atoms with Gasteiger partial charge in [-0.15, -0.1) is 0 Å². The Hall–Kier alpha value is -1.71. The lowest BCUT2D eigenvalue weighted by Crippen LogP contribution is -2.30. The van der Waals surface area contributed by atoms with Crippen LogP contribution in [0.25, 0.3) is 0 Å². The normalized spacial score (nSPS) is 13.1. The summed E-state index contributed by atoms with van der Waals surface area (Å²) in [5, 5.41) is 10.9. The highest BCUT2D eigenvalue weighted by Gasteiger charge is 2.26. The van der Waals surface area contributed by atoms with Gasteiger partial charge in [0.05, 0.1) is 4.92 Å². The lowest BCUT2D eigenvalue weighted by molar-refractivity contribution is -0.387. The highest BCUT2D eigenvalue weighted by Crippen LogP contribution is 2.25. The fraction of sp³-hybridized carbons (Fsp3) is 0.455. The second-order valence-electron chi connectivity index (χ2n) is 4.40. The Morgan fingerprint density at radius 1 is 1.50 bits per heavy atom. The van der Waals surface area contributed by atoms with Crippen LogP contribution in [-0.4, -0.2) is 33.6 Å². The Kier molecular flexibility index (Phi) is 5.43. The van der Waals surface area contributed by atoms with Gasteiger partial charge in [-0.1, -0.05) is 6.92 Å². The van der Waals surface area contributed by atoms with Gasteiger partial charge in [0, 0.05) is 32.0 Å². The lowest BCUT2D eigenvalue weighted by atomic mass is 10.2. The monoisotopic (exact) mass is 303 g/mol. The van der Waals surface area contributed by atoms with Crippen molar-refractivity contribution in [2.45, 2.75) is 11.8 Å². The van der Waals surface area contributed by atoms with Crippen molar-refractivity contribution < 1.29 is 18.1 Å². The number of hydrogen-bond acceptors (Lipinski definition) is 6. The summed E-state index contributed by atoms with van der Waals surface area (Å²) in [6.07, 6.45) is 0. The molecule has 0 aliphatic heterocycles. The number of nitrogens with two attached hydrogens (primary N) is 1. The van der Waals surface area contributed by atoms with Gasteiger partial charge < -0.3 is 10.5 Å². The highest BCUT2D eigenvalue weighted by molar-refractivity contribution is 7.89. The maximum absolute atomic E-state index is 12.1. The average Bonchev–Trinajstić information content (AvgIpc) is 2.36. The van der Waals surface area contributed by atoms with E-state index in [9.17, 15) is 18.5 Å². The number of benzene rings is 1. The summed E-state index contributed by atoms with van der Waals surface area (Å²) >= 11 is 0. The Morgan fingerprint density at radius 2 is 2.15 bits per heavy atom. The standard InChI is InChI=1S/C11H17N3O5S/c1-8(7-19-2)6-13-20(17,18)11-4-3-9(12)5-10(11)14(15)16/h3-5,8,13H,6-7,12H2,1-2H3. The number of nitro groups is 1. The first-order chi connectivity index (χ1) is 9.27. The molecule has 0 fully saturated rings. The van der Waals surface area contributed by atoms with E-state index in [1.807, 2.05) is 0 Å². The Balaban J connectivity index is 3.01. The molecule has 0 spiro atoms. The van der Waals surface area contributed by atoms with Crippen LogP contribution >= 0.6 is 0 Å². The van der Waals surface area contributed by atoms with E-state index >= 15 is 0 Å². The third-order valence-corrected chi connectivity index (χ3v) is 4.01. The summed E-state index contributed by atoms with van der Waals surface area (Å²) in [6.45, 7) is 2.30. The predicted molar refractivity (Wildman–Crippen MR) is 73.7 cm³/mol. The molecule has 0 amide bonds. The fourth-order valence-electron chi connectivity index (χ4n) is 1.58. The summed E-state index contributed by atoms with van der Waals surface area (Å²) < 4.78 is 31.4. The van der Waals surface area contributed by atoms with Crippen molar-refractivity contribution in [3.8, 4) is 0 Å². The minimum atomic E-state index is -3.97. The van der Waals surface area contributed by atoms with E-state index in [1.54, 1.807) is 6.92 Å². The third kappa shape index (κ3) is 4.15. The van der Waals surface area contributed by atoms with Crippen molar-refractivity contribution in [3.05, 3.63) is 28.3 Å². The minimum Gasteiger partial charge on any atom is -0.399 e. The number of rotatable bonds is 7. The predicted octanol–water partition coefficient (Wildman–Crippen LogP) is 0.738. The zero-order valence-electron chi connectivity index (χ0n) is 11.2. The molecule has 8 nitrogen and oxygen atoms in total. The van der Waals surface area contributed by atoms with Gasteiger partial charge in [-0.2, -0.15) is 0 Å². The van der Waals surface area contributed by atoms with E-state index in [0.29, 0.717) is 6.61 Å². The van der Waals surface area contributed by atoms with Crippen LogP contribution in [0.1, 0.15) is 6.92 Å². The van der Waals surface area contributed by atoms with Gasteiger partial charge in [-0.3, -0.25) is 10.1 Å². The van der Waals surface area contributed by atoms with Crippen LogP contribution in [0.3, 0.4) is 0 Å². The maximum Gasteiger partial charge on any atom is 0.291 e. The van der Waals surface area contributed by atoms with E-state index in [-0.39, 0.29) is 18.2 Å². The van der Waals surface area contributed by atoms with Crippen LogP contribution in [0.4, 0.5) is 11.4 Å². The van der Waals surface area contributed by atoms with Crippen LogP contribution < -0.4 is 10.5 Å². The Labute approximate surface area is 117 Å². The van der Waals surface area contributed by atoms with Crippen molar-refractivity contribution >= 4 is 21.4 Å². The van der Waals surface area contributed by atoms with Crippen molar-refractivity contribution in [2.75, 3.05) is 26.0 Å². The summed E-state index contributed by atoms with van der Waals surface area (Å²) in [4.78, 5) is 9.72. The number of anilines is 1. The average molecular weight is 303 g/mol. The molecule has 1 unspecified atom stereocenters. The first-order valence-electron chi connectivity index (χ1n) is 5.80. The van der Waals surface area contributed by atoms with Crippen LogP contribution in [0, 0.1) is 16.0 Å². The Bertz CT molecular complexity index is 588. The first kappa shape index (κ1) is 16.3. The fourth-order valence-corrected chi connectivity index (χ4v) is 2.89. The molecule has 0 aromatic heterocycles. The molecule has 0 saturated heterocycles.